The van der Waals surface area contributed by atoms with Gasteiger partial charge in [-0.1, -0.05) is 11.6 Å². The molecule has 1 aliphatic rings. The lowest BCUT2D eigenvalue weighted by Gasteiger charge is -2.23. The summed E-state index contributed by atoms with van der Waals surface area (Å²) in [5.74, 6) is 1.27. The molecule has 0 N–H and O–H groups in total. The number of nitrogens with zero attached hydrogens (tertiary/aromatic N) is 5. The molecule has 2 aromatic rings. The molecule has 1 fully saturated rings. The molecule has 0 saturated carbocycles. The second kappa shape index (κ2) is 8.11. The summed E-state index contributed by atoms with van der Waals surface area (Å²) in [6, 6.07) is 3.61. The Morgan fingerprint density at radius 2 is 1.96 bits per heavy atom. The van der Waals surface area contributed by atoms with E-state index in [0.717, 1.165) is 44.2 Å². The lowest BCUT2D eigenvalue weighted by molar-refractivity contribution is 0.0526. The summed E-state index contributed by atoms with van der Waals surface area (Å²) in [6.07, 6.45) is 5.65. The third-order valence-corrected chi connectivity index (χ3v) is 4.29. The molecule has 0 amide bonds. The van der Waals surface area contributed by atoms with Gasteiger partial charge >= 0.3 is 5.97 Å². The molecule has 25 heavy (non-hydrogen) atoms. The lowest BCUT2D eigenvalue weighted by Crippen LogP contribution is -2.31. The number of carbonyl (C=O) groups is 1. The van der Waals surface area contributed by atoms with E-state index < -0.39 is 0 Å². The van der Waals surface area contributed by atoms with Crippen LogP contribution in [0.15, 0.2) is 30.9 Å². The smallest absolute Gasteiger partial charge is 0.339 e. The SMILES string of the molecule is CCOC(=O)c1ccc(N2CCCN(c3ncncc3Cl)CC2)nc1. The maximum atomic E-state index is 11.7. The molecule has 0 aliphatic carbocycles. The van der Waals surface area contributed by atoms with Crippen molar-refractivity contribution >= 4 is 29.2 Å². The van der Waals surface area contributed by atoms with Crippen LogP contribution in [0, 0.1) is 0 Å². The van der Waals surface area contributed by atoms with Crippen molar-refractivity contribution in [1.29, 1.82) is 0 Å². The fourth-order valence-electron chi connectivity index (χ4n) is 2.81. The molecular formula is C17H20ClN5O2. The van der Waals surface area contributed by atoms with E-state index in [2.05, 4.69) is 24.8 Å². The zero-order valence-electron chi connectivity index (χ0n) is 14.1. The highest BCUT2D eigenvalue weighted by atomic mass is 35.5. The fourth-order valence-corrected chi connectivity index (χ4v) is 3.03. The second-order valence-corrected chi connectivity index (χ2v) is 6.05. The molecule has 0 spiro atoms. The number of ether oxygens (including phenoxy) is 1. The van der Waals surface area contributed by atoms with Crippen LogP contribution in [-0.4, -0.2) is 53.7 Å². The van der Waals surface area contributed by atoms with Crippen LogP contribution in [0.1, 0.15) is 23.7 Å². The first-order valence-electron chi connectivity index (χ1n) is 8.27. The Hall–Kier alpha value is -2.41. The first-order chi connectivity index (χ1) is 12.2. The molecule has 1 saturated heterocycles. The number of rotatable bonds is 4. The Morgan fingerprint density at radius 3 is 2.68 bits per heavy atom. The fraction of sp³-hybridized carbons (Fsp3) is 0.412. The molecule has 0 bridgehead atoms. The van der Waals surface area contributed by atoms with Crippen LogP contribution in [0.25, 0.3) is 0 Å². The van der Waals surface area contributed by atoms with Gasteiger partial charge in [-0.25, -0.2) is 19.7 Å². The molecule has 0 radical (unpaired) electrons. The summed E-state index contributed by atoms with van der Waals surface area (Å²) >= 11 is 6.20. The average Bonchev–Trinajstić information content (AvgIpc) is 2.88. The van der Waals surface area contributed by atoms with Gasteiger partial charge in [-0.2, -0.15) is 0 Å². The van der Waals surface area contributed by atoms with E-state index in [1.165, 1.54) is 6.33 Å². The Balaban J connectivity index is 1.67. The van der Waals surface area contributed by atoms with E-state index in [4.69, 9.17) is 16.3 Å². The van der Waals surface area contributed by atoms with Crippen LogP contribution >= 0.6 is 11.6 Å². The minimum Gasteiger partial charge on any atom is -0.462 e. The highest BCUT2D eigenvalue weighted by Gasteiger charge is 2.19. The number of carbonyl (C=O) groups excluding carboxylic acids is 1. The third-order valence-electron chi connectivity index (χ3n) is 4.03. The highest BCUT2D eigenvalue weighted by Crippen LogP contribution is 2.23. The van der Waals surface area contributed by atoms with E-state index in [1.807, 2.05) is 6.07 Å². The van der Waals surface area contributed by atoms with Crippen molar-refractivity contribution in [2.75, 3.05) is 42.6 Å². The minimum atomic E-state index is -0.345. The van der Waals surface area contributed by atoms with Crippen molar-refractivity contribution in [3.8, 4) is 0 Å². The van der Waals surface area contributed by atoms with E-state index in [0.29, 0.717) is 17.2 Å². The van der Waals surface area contributed by atoms with E-state index in [9.17, 15) is 4.79 Å². The van der Waals surface area contributed by atoms with Crippen LogP contribution in [0.5, 0.6) is 0 Å². The number of anilines is 2. The monoisotopic (exact) mass is 361 g/mol. The molecule has 132 valence electrons. The van der Waals surface area contributed by atoms with Crippen LogP contribution in [0.4, 0.5) is 11.6 Å². The number of aromatic nitrogens is 3. The first kappa shape index (κ1) is 17.4. The summed E-state index contributed by atoms with van der Waals surface area (Å²) in [4.78, 5) is 28.7. The van der Waals surface area contributed by atoms with E-state index >= 15 is 0 Å². The molecular weight excluding hydrogens is 342 g/mol. The second-order valence-electron chi connectivity index (χ2n) is 5.65. The number of esters is 1. The Morgan fingerprint density at radius 1 is 1.16 bits per heavy atom. The number of hydrogen-bond donors (Lipinski definition) is 0. The summed E-state index contributed by atoms with van der Waals surface area (Å²) < 4.78 is 4.98. The van der Waals surface area contributed by atoms with Gasteiger partial charge in [0, 0.05) is 32.4 Å². The molecule has 0 aromatic carbocycles. The van der Waals surface area contributed by atoms with Gasteiger partial charge < -0.3 is 14.5 Å². The molecule has 0 unspecified atom stereocenters. The highest BCUT2D eigenvalue weighted by molar-refractivity contribution is 6.32. The first-order valence-corrected chi connectivity index (χ1v) is 8.65. The van der Waals surface area contributed by atoms with Gasteiger partial charge in [0.25, 0.3) is 0 Å². The van der Waals surface area contributed by atoms with Crippen molar-refractivity contribution in [2.45, 2.75) is 13.3 Å². The molecule has 3 rings (SSSR count). The van der Waals surface area contributed by atoms with Gasteiger partial charge in [0.2, 0.25) is 0 Å². The standard InChI is InChI=1S/C17H20ClN5O2/c1-2-25-17(24)13-4-5-15(20-10-13)22-6-3-7-23(9-8-22)16-14(18)11-19-12-21-16/h4-5,10-12H,2-3,6-9H2,1H3. The zero-order valence-corrected chi connectivity index (χ0v) is 14.8. The number of pyridine rings is 1. The molecule has 2 aromatic heterocycles. The van der Waals surface area contributed by atoms with Crippen molar-refractivity contribution < 1.29 is 9.53 Å². The normalized spacial score (nSPS) is 15.0. The topological polar surface area (TPSA) is 71.5 Å². The van der Waals surface area contributed by atoms with Crippen molar-refractivity contribution in [2.24, 2.45) is 0 Å². The maximum Gasteiger partial charge on any atom is 0.339 e. The van der Waals surface area contributed by atoms with Crippen LogP contribution in [0.2, 0.25) is 5.02 Å². The maximum absolute atomic E-state index is 11.7. The quantitative estimate of drug-likeness (QED) is 0.774. The predicted molar refractivity (Wildman–Crippen MR) is 96.3 cm³/mol. The van der Waals surface area contributed by atoms with Crippen LogP contribution < -0.4 is 9.80 Å². The average molecular weight is 362 g/mol. The van der Waals surface area contributed by atoms with Gasteiger partial charge in [-0.05, 0) is 25.5 Å². The van der Waals surface area contributed by atoms with E-state index in [-0.39, 0.29) is 5.97 Å². The van der Waals surface area contributed by atoms with Gasteiger partial charge in [-0.15, -0.1) is 0 Å². The van der Waals surface area contributed by atoms with Gasteiger partial charge in [0.15, 0.2) is 5.82 Å². The largest absolute Gasteiger partial charge is 0.462 e. The third kappa shape index (κ3) is 4.17. The Kier molecular flexibility index (Phi) is 5.65. The number of halogens is 1. The molecule has 0 atom stereocenters. The summed E-state index contributed by atoms with van der Waals surface area (Å²) in [6.45, 7) is 5.48. The summed E-state index contributed by atoms with van der Waals surface area (Å²) in [5.41, 5.74) is 0.467. The van der Waals surface area contributed by atoms with E-state index in [1.54, 1.807) is 25.4 Å². The van der Waals surface area contributed by atoms with Crippen LogP contribution in [-0.2, 0) is 4.74 Å². The zero-order chi connectivity index (χ0) is 17.6. The lowest BCUT2D eigenvalue weighted by atomic mass is 10.2. The van der Waals surface area contributed by atoms with Gasteiger partial charge in [0.05, 0.1) is 18.4 Å². The van der Waals surface area contributed by atoms with Gasteiger partial charge in [0.1, 0.15) is 17.2 Å². The Labute approximate surface area is 151 Å². The molecule has 8 heteroatoms. The molecule has 3 heterocycles. The molecule has 7 nitrogen and oxygen atoms in total. The molecule has 1 aliphatic heterocycles. The van der Waals surface area contributed by atoms with Crippen molar-refractivity contribution in [1.82, 2.24) is 15.0 Å². The summed E-state index contributed by atoms with van der Waals surface area (Å²) in [5, 5.41) is 0.563. The van der Waals surface area contributed by atoms with Crippen molar-refractivity contribution in [3.05, 3.63) is 41.4 Å². The summed E-state index contributed by atoms with van der Waals surface area (Å²) in [7, 11) is 0. The van der Waals surface area contributed by atoms with Crippen molar-refractivity contribution in [3.63, 3.8) is 0 Å². The Bertz CT molecular complexity index is 725. The predicted octanol–water partition coefficient (Wildman–Crippen LogP) is 2.42. The van der Waals surface area contributed by atoms with Crippen LogP contribution in [0.3, 0.4) is 0 Å². The van der Waals surface area contributed by atoms with Gasteiger partial charge in [-0.3, -0.25) is 0 Å². The minimum absolute atomic E-state index is 0.345. The number of hydrogen-bond acceptors (Lipinski definition) is 7.